The van der Waals surface area contributed by atoms with Crippen molar-refractivity contribution in [3.8, 4) is 0 Å². The number of carboxylic acid groups (broad SMARTS) is 1. The summed E-state index contributed by atoms with van der Waals surface area (Å²) in [4.78, 5) is 10.8. The van der Waals surface area contributed by atoms with Crippen LogP contribution in [-0.4, -0.2) is 17.1 Å². The second-order valence-electron chi connectivity index (χ2n) is 4.42. The van der Waals surface area contributed by atoms with Crippen LogP contribution in [0.4, 0.5) is 0 Å². The van der Waals surface area contributed by atoms with Crippen LogP contribution >= 0.6 is 0 Å². The molecule has 1 atom stereocenters. The van der Waals surface area contributed by atoms with Gasteiger partial charge in [0, 0.05) is 12.6 Å². The van der Waals surface area contributed by atoms with Crippen molar-refractivity contribution in [1.82, 2.24) is 5.32 Å². The van der Waals surface area contributed by atoms with Gasteiger partial charge in [0.1, 0.15) is 0 Å². The van der Waals surface area contributed by atoms with Crippen molar-refractivity contribution in [3.05, 3.63) is 35.4 Å². The molecular formula is C13H19NO2. The zero-order valence-electron chi connectivity index (χ0n) is 10.0. The van der Waals surface area contributed by atoms with Crippen molar-refractivity contribution in [1.29, 1.82) is 0 Å². The van der Waals surface area contributed by atoms with Crippen molar-refractivity contribution in [3.63, 3.8) is 0 Å². The predicted molar refractivity (Wildman–Crippen MR) is 64.5 cm³/mol. The molecule has 0 aliphatic rings. The highest BCUT2D eigenvalue weighted by molar-refractivity contribution is 5.87. The third kappa shape index (κ3) is 3.66. The van der Waals surface area contributed by atoms with Crippen molar-refractivity contribution >= 4 is 5.97 Å². The molecule has 0 aliphatic heterocycles. The summed E-state index contributed by atoms with van der Waals surface area (Å²) in [7, 11) is 0. The standard InChI is InChI=1S/C13H19NO2/c1-9(2)10(3)14-8-11-5-4-6-12(7-11)13(15)16/h4-7,9-10,14H,8H2,1-3H3,(H,15,16). The van der Waals surface area contributed by atoms with Crippen LogP contribution in [0.25, 0.3) is 0 Å². The van der Waals surface area contributed by atoms with Gasteiger partial charge in [0.15, 0.2) is 0 Å². The predicted octanol–water partition coefficient (Wildman–Crippen LogP) is 2.52. The summed E-state index contributed by atoms with van der Waals surface area (Å²) in [5.41, 5.74) is 1.35. The minimum atomic E-state index is -0.876. The molecule has 0 bridgehead atoms. The quantitative estimate of drug-likeness (QED) is 0.803. The minimum absolute atomic E-state index is 0.344. The van der Waals surface area contributed by atoms with E-state index in [9.17, 15) is 4.79 Å². The van der Waals surface area contributed by atoms with Gasteiger partial charge in [0.25, 0.3) is 0 Å². The molecule has 0 saturated heterocycles. The molecule has 1 aromatic rings. The molecule has 0 spiro atoms. The van der Waals surface area contributed by atoms with Gasteiger partial charge in [0.2, 0.25) is 0 Å². The van der Waals surface area contributed by atoms with Gasteiger partial charge in [-0.3, -0.25) is 0 Å². The number of hydrogen-bond acceptors (Lipinski definition) is 2. The Kier molecular flexibility index (Phi) is 4.50. The van der Waals surface area contributed by atoms with Gasteiger partial charge in [-0.05, 0) is 30.5 Å². The molecule has 0 amide bonds. The molecule has 0 saturated carbocycles. The maximum Gasteiger partial charge on any atom is 0.335 e. The summed E-state index contributed by atoms with van der Waals surface area (Å²) in [5, 5.41) is 12.2. The Balaban J connectivity index is 2.61. The van der Waals surface area contributed by atoms with Crippen LogP contribution in [0, 0.1) is 5.92 Å². The largest absolute Gasteiger partial charge is 0.478 e. The molecule has 88 valence electrons. The van der Waals surface area contributed by atoms with Gasteiger partial charge >= 0.3 is 5.97 Å². The van der Waals surface area contributed by atoms with E-state index in [1.54, 1.807) is 18.2 Å². The summed E-state index contributed by atoms with van der Waals surface area (Å²) in [5.74, 6) is -0.304. The van der Waals surface area contributed by atoms with E-state index in [1.165, 1.54) is 0 Å². The molecule has 0 fully saturated rings. The number of benzene rings is 1. The maximum atomic E-state index is 10.8. The molecule has 3 nitrogen and oxygen atoms in total. The van der Waals surface area contributed by atoms with Gasteiger partial charge in [-0.15, -0.1) is 0 Å². The van der Waals surface area contributed by atoms with Crippen LogP contribution in [0.15, 0.2) is 24.3 Å². The molecule has 0 aromatic heterocycles. The number of aromatic carboxylic acids is 1. The molecule has 0 radical (unpaired) electrons. The maximum absolute atomic E-state index is 10.8. The Hall–Kier alpha value is -1.35. The first-order valence-corrected chi connectivity index (χ1v) is 5.56. The van der Waals surface area contributed by atoms with E-state index in [2.05, 4.69) is 26.1 Å². The highest BCUT2D eigenvalue weighted by Crippen LogP contribution is 2.07. The third-order valence-corrected chi connectivity index (χ3v) is 2.80. The van der Waals surface area contributed by atoms with Crippen molar-refractivity contribution < 1.29 is 9.90 Å². The molecule has 2 N–H and O–H groups in total. The fraction of sp³-hybridized carbons (Fsp3) is 0.462. The van der Waals surface area contributed by atoms with Crippen LogP contribution in [0.5, 0.6) is 0 Å². The number of nitrogens with one attached hydrogen (secondary N) is 1. The Morgan fingerprint density at radius 2 is 2.06 bits per heavy atom. The summed E-state index contributed by atoms with van der Waals surface area (Å²) >= 11 is 0. The van der Waals surface area contributed by atoms with Crippen LogP contribution in [-0.2, 0) is 6.54 Å². The van der Waals surface area contributed by atoms with E-state index in [0.717, 1.165) is 5.56 Å². The van der Waals surface area contributed by atoms with Gasteiger partial charge in [0.05, 0.1) is 5.56 Å². The molecule has 1 aromatic carbocycles. The summed E-state index contributed by atoms with van der Waals surface area (Å²) in [6.45, 7) is 7.16. The van der Waals surface area contributed by atoms with Crippen molar-refractivity contribution in [2.45, 2.75) is 33.4 Å². The van der Waals surface area contributed by atoms with E-state index in [1.807, 2.05) is 6.07 Å². The highest BCUT2D eigenvalue weighted by Gasteiger charge is 2.07. The fourth-order valence-electron chi connectivity index (χ4n) is 1.33. The Labute approximate surface area is 96.5 Å². The Morgan fingerprint density at radius 3 is 2.62 bits per heavy atom. The monoisotopic (exact) mass is 221 g/mol. The van der Waals surface area contributed by atoms with E-state index in [-0.39, 0.29) is 0 Å². The van der Waals surface area contributed by atoms with Crippen LogP contribution in [0.2, 0.25) is 0 Å². The van der Waals surface area contributed by atoms with Gasteiger partial charge < -0.3 is 10.4 Å². The topological polar surface area (TPSA) is 49.3 Å². The van der Waals surface area contributed by atoms with E-state index < -0.39 is 5.97 Å². The molecule has 3 heteroatoms. The average molecular weight is 221 g/mol. The second kappa shape index (κ2) is 5.66. The lowest BCUT2D eigenvalue weighted by atomic mass is 10.1. The normalized spacial score (nSPS) is 12.8. The summed E-state index contributed by atoms with van der Waals surface area (Å²) < 4.78 is 0. The smallest absolute Gasteiger partial charge is 0.335 e. The van der Waals surface area contributed by atoms with Crippen molar-refractivity contribution in [2.75, 3.05) is 0 Å². The molecule has 1 rings (SSSR count). The van der Waals surface area contributed by atoms with Gasteiger partial charge in [-0.25, -0.2) is 4.79 Å². The lowest BCUT2D eigenvalue weighted by Gasteiger charge is -2.17. The first-order valence-electron chi connectivity index (χ1n) is 5.56. The fourth-order valence-corrected chi connectivity index (χ4v) is 1.33. The van der Waals surface area contributed by atoms with E-state index >= 15 is 0 Å². The van der Waals surface area contributed by atoms with Crippen LogP contribution in [0.3, 0.4) is 0 Å². The molecule has 0 aliphatic carbocycles. The Bertz CT molecular complexity index is 361. The van der Waals surface area contributed by atoms with Crippen LogP contribution in [0.1, 0.15) is 36.7 Å². The van der Waals surface area contributed by atoms with Crippen LogP contribution < -0.4 is 5.32 Å². The Morgan fingerprint density at radius 1 is 1.38 bits per heavy atom. The summed E-state index contributed by atoms with van der Waals surface area (Å²) in [6, 6.07) is 7.46. The van der Waals surface area contributed by atoms with E-state index in [4.69, 9.17) is 5.11 Å². The lowest BCUT2D eigenvalue weighted by molar-refractivity contribution is 0.0696. The molecule has 0 heterocycles. The zero-order valence-corrected chi connectivity index (χ0v) is 10.0. The molecule has 1 unspecified atom stereocenters. The zero-order chi connectivity index (χ0) is 12.1. The average Bonchev–Trinajstić information content (AvgIpc) is 2.26. The SMILES string of the molecule is CC(C)C(C)NCc1cccc(C(=O)O)c1. The second-order valence-corrected chi connectivity index (χ2v) is 4.42. The molecule has 16 heavy (non-hydrogen) atoms. The highest BCUT2D eigenvalue weighted by atomic mass is 16.4. The number of carboxylic acids is 1. The molecular weight excluding hydrogens is 202 g/mol. The summed E-state index contributed by atoms with van der Waals surface area (Å²) in [6.07, 6.45) is 0. The van der Waals surface area contributed by atoms with Crippen molar-refractivity contribution in [2.24, 2.45) is 5.92 Å². The minimum Gasteiger partial charge on any atom is -0.478 e. The lowest BCUT2D eigenvalue weighted by Crippen LogP contribution is -2.30. The van der Waals surface area contributed by atoms with E-state index in [0.29, 0.717) is 24.1 Å². The number of hydrogen-bond donors (Lipinski definition) is 2. The number of carbonyl (C=O) groups is 1. The first kappa shape index (κ1) is 12.7. The number of rotatable bonds is 5. The van der Waals surface area contributed by atoms with Gasteiger partial charge in [-0.2, -0.15) is 0 Å². The van der Waals surface area contributed by atoms with Gasteiger partial charge in [-0.1, -0.05) is 26.0 Å². The first-order chi connectivity index (χ1) is 7.50. The third-order valence-electron chi connectivity index (χ3n) is 2.80.